The molecule has 3 rings (SSSR count). The number of pyridine rings is 1. The molecule has 1 saturated carbocycles. The van der Waals surface area contributed by atoms with Crippen molar-refractivity contribution in [1.82, 2.24) is 10.3 Å². The van der Waals surface area contributed by atoms with Crippen LogP contribution >= 0.6 is 0 Å². The molecule has 23 heavy (non-hydrogen) atoms. The number of aryl methyl sites for hydroxylation is 1. The SMILES string of the molecule is Cc1cc(=O)c(C(=O)NCC2(c3ccc(F)cc3F)CC2)c[nH]1. The zero-order chi connectivity index (χ0) is 16.6. The Balaban J connectivity index is 1.75. The summed E-state index contributed by atoms with van der Waals surface area (Å²) < 4.78 is 27.0. The summed E-state index contributed by atoms with van der Waals surface area (Å²) in [6, 6.07) is 4.83. The van der Waals surface area contributed by atoms with Crippen LogP contribution in [-0.4, -0.2) is 17.4 Å². The van der Waals surface area contributed by atoms with Crippen molar-refractivity contribution in [1.29, 1.82) is 0 Å². The molecule has 1 fully saturated rings. The molecule has 1 aliphatic carbocycles. The molecule has 0 radical (unpaired) electrons. The Bertz CT molecular complexity index is 826. The number of nitrogens with one attached hydrogen (secondary N) is 2. The molecule has 0 unspecified atom stereocenters. The third kappa shape index (κ3) is 3.02. The first-order chi connectivity index (χ1) is 10.9. The van der Waals surface area contributed by atoms with Gasteiger partial charge in [0.05, 0.1) is 0 Å². The van der Waals surface area contributed by atoms with Gasteiger partial charge < -0.3 is 10.3 Å². The molecule has 1 heterocycles. The van der Waals surface area contributed by atoms with E-state index in [-0.39, 0.29) is 17.5 Å². The van der Waals surface area contributed by atoms with E-state index in [4.69, 9.17) is 0 Å². The van der Waals surface area contributed by atoms with Gasteiger partial charge in [-0.05, 0) is 31.4 Å². The molecular formula is C17H16F2N2O2. The first kappa shape index (κ1) is 15.4. The zero-order valence-corrected chi connectivity index (χ0v) is 12.6. The average molecular weight is 318 g/mol. The molecule has 0 spiro atoms. The number of aromatic nitrogens is 1. The van der Waals surface area contributed by atoms with E-state index in [1.54, 1.807) is 6.92 Å². The fourth-order valence-corrected chi connectivity index (χ4v) is 2.71. The molecule has 1 amide bonds. The molecule has 1 aromatic heterocycles. The minimum absolute atomic E-state index is 0.0194. The van der Waals surface area contributed by atoms with Crippen LogP contribution < -0.4 is 10.7 Å². The van der Waals surface area contributed by atoms with Gasteiger partial charge in [0.1, 0.15) is 17.2 Å². The standard InChI is InChI=1S/C17H16F2N2O2/c1-10-6-15(22)12(8-20-10)16(23)21-9-17(4-5-17)13-3-2-11(18)7-14(13)19/h2-3,6-8H,4-5,9H2,1H3,(H,20,22)(H,21,23). The highest BCUT2D eigenvalue weighted by atomic mass is 19.1. The third-order valence-electron chi connectivity index (χ3n) is 4.25. The van der Waals surface area contributed by atoms with Crippen molar-refractivity contribution in [2.75, 3.05) is 6.54 Å². The Kier molecular flexibility index (Phi) is 3.75. The molecule has 4 nitrogen and oxygen atoms in total. The fraction of sp³-hybridized carbons (Fsp3) is 0.294. The minimum atomic E-state index is -0.628. The smallest absolute Gasteiger partial charge is 0.256 e. The highest BCUT2D eigenvalue weighted by Crippen LogP contribution is 2.48. The molecule has 0 saturated heterocycles. The van der Waals surface area contributed by atoms with E-state index in [2.05, 4.69) is 10.3 Å². The van der Waals surface area contributed by atoms with Crippen molar-refractivity contribution in [3.63, 3.8) is 0 Å². The van der Waals surface area contributed by atoms with E-state index < -0.39 is 23.0 Å². The Morgan fingerprint density at radius 2 is 2.04 bits per heavy atom. The summed E-state index contributed by atoms with van der Waals surface area (Å²) in [6.45, 7) is 1.93. The number of rotatable bonds is 4. The van der Waals surface area contributed by atoms with E-state index in [9.17, 15) is 18.4 Å². The maximum Gasteiger partial charge on any atom is 0.256 e. The van der Waals surface area contributed by atoms with Crippen LogP contribution in [0.3, 0.4) is 0 Å². The Morgan fingerprint density at radius 1 is 1.30 bits per heavy atom. The van der Waals surface area contributed by atoms with Crippen LogP contribution in [-0.2, 0) is 5.41 Å². The number of benzene rings is 1. The number of carbonyl (C=O) groups excluding carboxylic acids is 1. The molecule has 2 N–H and O–H groups in total. The molecule has 1 aliphatic rings. The van der Waals surface area contributed by atoms with Gasteiger partial charge in [-0.2, -0.15) is 0 Å². The fourth-order valence-electron chi connectivity index (χ4n) is 2.71. The number of aromatic amines is 1. The highest BCUT2D eigenvalue weighted by molar-refractivity contribution is 5.93. The third-order valence-corrected chi connectivity index (χ3v) is 4.25. The first-order valence-electron chi connectivity index (χ1n) is 7.34. The molecule has 1 aromatic carbocycles. The van der Waals surface area contributed by atoms with Gasteiger partial charge in [0.15, 0.2) is 5.43 Å². The number of hydrogen-bond acceptors (Lipinski definition) is 2. The largest absolute Gasteiger partial charge is 0.364 e. The summed E-state index contributed by atoms with van der Waals surface area (Å²) in [6.07, 6.45) is 2.78. The second-order valence-electron chi connectivity index (χ2n) is 5.98. The van der Waals surface area contributed by atoms with E-state index in [1.807, 2.05) is 0 Å². The molecule has 0 aliphatic heterocycles. The van der Waals surface area contributed by atoms with Gasteiger partial charge in [-0.3, -0.25) is 9.59 Å². The lowest BCUT2D eigenvalue weighted by molar-refractivity contribution is 0.0948. The monoisotopic (exact) mass is 318 g/mol. The van der Waals surface area contributed by atoms with Gasteiger partial charge in [0.25, 0.3) is 5.91 Å². The summed E-state index contributed by atoms with van der Waals surface area (Å²) in [7, 11) is 0. The summed E-state index contributed by atoms with van der Waals surface area (Å²) in [5, 5.41) is 2.68. The van der Waals surface area contributed by atoms with E-state index in [0.29, 0.717) is 24.1 Å². The second kappa shape index (κ2) is 5.61. The van der Waals surface area contributed by atoms with Crippen LogP contribution in [0, 0.1) is 18.6 Å². The van der Waals surface area contributed by atoms with Gasteiger partial charge >= 0.3 is 0 Å². The summed E-state index contributed by atoms with van der Waals surface area (Å²) in [4.78, 5) is 26.8. The quantitative estimate of drug-likeness (QED) is 0.909. The van der Waals surface area contributed by atoms with Crippen molar-refractivity contribution < 1.29 is 13.6 Å². The van der Waals surface area contributed by atoms with Crippen molar-refractivity contribution in [2.24, 2.45) is 0 Å². The Labute approximate surface area is 131 Å². The van der Waals surface area contributed by atoms with Crippen LogP contribution in [0.2, 0.25) is 0 Å². The summed E-state index contributed by atoms with van der Waals surface area (Å²) >= 11 is 0. The number of carbonyl (C=O) groups is 1. The number of halogens is 2. The molecule has 2 aromatic rings. The minimum Gasteiger partial charge on any atom is -0.364 e. The maximum atomic E-state index is 13.9. The zero-order valence-electron chi connectivity index (χ0n) is 12.6. The summed E-state index contributed by atoms with van der Waals surface area (Å²) in [5.41, 5.74) is 0.211. The normalized spacial score (nSPS) is 15.3. The number of amides is 1. The van der Waals surface area contributed by atoms with E-state index >= 15 is 0 Å². The van der Waals surface area contributed by atoms with Gasteiger partial charge in [-0.15, -0.1) is 0 Å². The summed E-state index contributed by atoms with van der Waals surface area (Å²) in [5.74, 6) is -1.73. The lowest BCUT2D eigenvalue weighted by Crippen LogP contribution is -2.35. The Hall–Kier alpha value is -2.50. The topological polar surface area (TPSA) is 62.0 Å². The van der Waals surface area contributed by atoms with E-state index in [1.165, 1.54) is 24.4 Å². The van der Waals surface area contributed by atoms with Crippen LogP contribution in [0.25, 0.3) is 0 Å². The average Bonchev–Trinajstić information content (AvgIpc) is 3.25. The molecule has 6 heteroatoms. The first-order valence-corrected chi connectivity index (χ1v) is 7.34. The van der Waals surface area contributed by atoms with Crippen LogP contribution in [0.4, 0.5) is 8.78 Å². The predicted octanol–water partition coefficient (Wildman–Crippen LogP) is 2.42. The second-order valence-corrected chi connectivity index (χ2v) is 5.98. The van der Waals surface area contributed by atoms with Crippen molar-refractivity contribution in [2.45, 2.75) is 25.2 Å². The molecule has 120 valence electrons. The lowest BCUT2D eigenvalue weighted by atomic mass is 9.95. The van der Waals surface area contributed by atoms with Gasteiger partial charge in [-0.25, -0.2) is 8.78 Å². The van der Waals surface area contributed by atoms with Crippen molar-refractivity contribution in [3.05, 3.63) is 69.1 Å². The van der Waals surface area contributed by atoms with Crippen molar-refractivity contribution in [3.8, 4) is 0 Å². The Morgan fingerprint density at radius 3 is 2.65 bits per heavy atom. The van der Waals surface area contributed by atoms with Crippen LogP contribution in [0.15, 0.2) is 35.3 Å². The van der Waals surface area contributed by atoms with Crippen molar-refractivity contribution >= 4 is 5.91 Å². The number of H-pyrrole nitrogens is 1. The maximum absolute atomic E-state index is 13.9. The predicted molar refractivity (Wildman–Crippen MR) is 81.4 cm³/mol. The van der Waals surface area contributed by atoms with Gasteiger partial charge in [0, 0.05) is 36.0 Å². The highest BCUT2D eigenvalue weighted by Gasteiger charge is 2.46. The van der Waals surface area contributed by atoms with E-state index in [0.717, 1.165) is 6.07 Å². The molecule has 0 atom stereocenters. The number of hydrogen-bond donors (Lipinski definition) is 2. The lowest BCUT2D eigenvalue weighted by Gasteiger charge is -2.17. The van der Waals surface area contributed by atoms with Gasteiger partial charge in [-0.1, -0.05) is 6.07 Å². The molecule has 0 bridgehead atoms. The van der Waals surface area contributed by atoms with Gasteiger partial charge in [0.2, 0.25) is 0 Å². The van der Waals surface area contributed by atoms with Crippen LogP contribution in [0.1, 0.15) is 34.5 Å². The van der Waals surface area contributed by atoms with Crippen LogP contribution in [0.5, 0.6) is 0 Å². The molecular weight excluding hydrogens is 302 g/mol.